The maximum atomic E-state index is 13.3. The summed E-state index contributed by atoms with van der Waals surface area (Å²) in [6.45, 7) is 14.9. The highest BCUT2D eigenvalue weighted by Gasteiger charge is 2.38. The molecular formula is C53H80N6O7S. The number of para-hydroxylation sites is 1. The van der Waals surface area contributed by atoms with Crippen molar-refractivity contribution in [1.82, 2.24) is 30.1 Å². The van der Waals surface area contributed by atoms with Crippen molar-refractivity contribution < 1.29 is 33.4 Å². The summed E-state index contributed by atoms with van der Waals surface area (Å²) < 4.78 is 20.6. The quantitative estimate of drug-likeness (QED) is 0.0327. The molecule has 6 rings (SSSR count). The molecule has 0 radical (unpaired) electrons. The number of carbonyl (C=O) groups is 4. The fourth-order valence-corrected chi connectivity index (χ4v) is 10.6. The Morgan fingerprint density at radius 1 is 0.985 bits per heavy atom. The van der Waals surface area contributed by atoms with E-state index in [0.29, 0.717) is 55.1 Å². The molecule has 6 atom stereocenters. The number of ether oxygens (including phenoxy) is 3. The van der Waals surface area contributed by atoms with Gasteiger partial charge in [0.15, 0.2) is 0 Å². The van der Waals surface area contributed by atoms with E-state index in [1.165, 1.54) is 37.6 Å². The van der Waals surface area contributed by atoms with Gasteiger partial charge in [0.1, 0.15) is 17.8 Å². The van der Waals surface area contributed by atoms with E-state index in [-0.39, 0.29) is 29.8 Å². The van der Waals surface area contributed by atoms with Crippen LogP contribution in [0.25, 0.3) is 10.9 Å². The fraction of sp³-hybridized carbons (Fsp3) is 0.642. The Bertz CT molecular complexity index is 1920. The monoisotopic (exact) mass is 945 g/mol. The summed E-state index contributed by atoms with van der Waals surface area (Å²) in [6.07, 6.45) is 27.3. The average molecular weight is 945 g/mol. The van der Waals surface area contributed by atoms with Gasteiger partial charge < -0.3 is 34.6 Å². The van der Waals surface area contributed by atoms with Crippen LogP contribution in [0, 0.1) is 17.8 Å². The van der Waals surface area contributed by atoms with Crippen LogP contribution in [-0.4, -0.2) is 109 Å². The molecule has 13 nitrogen and oxygen atoms in total. The second kappa shape index (κ2) is 28.7. The number of unbranched alkanes of at least 4 members (excludes halogenated alkanes) is 1. The number of rotatable bonds is 28. The summed E-state index contributed by atoms with van der Waals surface area (Å²) in [5, 5.41) is 7.44. The van der Waals surface area contributed by atoms with Gasteiger partial charge in [-0.15, -0.1) is 6.58 Å². The van der Waals surface area contributed by atoms with Crippen LogP contribution in [0.1, 0.15) is 129 Å². The third kappa shape index (κ3) is 16.0. The minimum Gasteiger partial charge on any atom is -0.492 e. The number of nitrogens with one attached hydrogen (secondary N) is 3. The highest BCUT2D eigenvalue weighted by Crippen LogP contribution is 2.37. The number of likely N-dealkylation sites (tertiary alicyclic amines) is 1. The number of methoxy groups -OCH3 is 2. The van der Waals surface area contributed by atoms with Gasteiger partial charge in [0.05, 0.1) is 36.9 Å². The predicted molar refractivity (Wildman–Crippen MR) is 270 cm³/mol. The van der Waals surface area contributed by atoms with Gasteiger partial charge in [-0.3, -0.25) is 23.9 Å². The van der Waals surface area contributed by atoms with Gasteiger partial charge in [-0.25, -0.2) is 4.98 Å². The predicted octanol–water partition coefficient (Wildman–Crippen LogP) is 8.86. The second-order valence-corrected chi connectivity index (χ2v) is 19.8. The van der Waals surface area contributed by atoms with Crippen LogP contribution in [0.3, 0.4) is 0 Å². The Morgan fingerprint density at radius 3 is 2.46 bits per heavy atom. The molecule has 1 saturated heterocycles. The lowest BCUT2D eigenvalue weighted by Gasteiger charge is -2.37. The van der Waals surface area contributed by atoms with Gasteiger partial charge in [0, 0.05) is 49.0 Å². The van der Waals surface area contributed by atoms with Gasteiger partial charge in [0.25, 0.3) is 5.91 Å². The summed E-state index contributed by atoms with van der Waals surface area (Å²) in [6, 6.07) is 6.82. The third-order valence-corrected chi connectivity index (χ3v) is 15.1. The van der Waals surface area contributed by atoms with Gasteiger partial charge in [-0.05, 0) is 119 Å². The molecule has 3 aliphatic carbocycles. The number of amides is 4. The molecule has 2 heterocycles. The van der Waals surface area contributed by atoms with Gasteiger partial charge in [-0.1, -0.05) is 82.9 Å². The number of allylic oxidation sites excluding steroid dienone is 2. The molecular weight excluding hydrogens is 865 g/mol. The molecule has 3 unspecified atom stereocenters. The summed E-state index contributed by atoms with van der Waals surface area (Å²) in [5.41, 5.74) is 2.64. The molecule has 2 aromatic rings. The summed E-state index contributed by atoms with van der Waals surface area (Å²) >= 11 is 1.45. The van der Waals surface area contributed by atoms with Gasteiger partial charge in [-0.2, -0.15) is 0 Å². The number of hydrogen-bond donors (Lipinski definition) is 3. The Labute approximate surface area is 405 Å². The van der Waals surface area contributed by atoms with E-state index < -0.39 is 6.04 Å². The highest BCUT2D eigenvalue weighted by atomic mass is 32.2. The number of benzene rings is 1. The first kappa shape index (κ1) is 53.4. The number of pyridine rings is 1. The van der Waals surface area contributed by atoms with E-state index >= 15 is 0 Å². The van der Waals surface area contributed by atoms with Crippen molar-refractivity contribution in [2.24, 2.45) is 17.8 Å². The zero-order valence-corrected chi connectivity index (χ0v) is 41.7. The number of nitrogens with zero attached hydrogens (tertiary/aromatic N) is 3. The minimum absolute atomic E-state index is 0.151. The normalized spacial score (nSPS) is 20.8. The zero-order chi connectivity index (χ0) is 48.0. The van der Waals surface area contributed by atoms with Crippen molar-refractivity contribution in [3.63, 3.8) is 0 Å². The summed E-state index contributed by atoms with van der Waals surface area (Å²) in [5.74, 6) is 1.92. The van der Waals surface area contributed by atoms with E-state index in [9.17, 15) is 19.2 Å². The molecule has 0 spiro atoms. The molecule has 4 fully saturated rings. The van der Waals surface area contributed by atoms with Crippen molar-refractivity contribution in [3.8, 4) is 11.6 Å². The van der Waals surface area contributed by atoms with E-state index in [2.05, 4.69) is 47.6 Å². The molecule has 4 aliphatic rings. The number of carbonyl (C=O) groups excluding carboxylic acids is 4. The topological polar surface area (TPSA) is 151 Å². The number of fused-ring (bicyclic) bond motifs is 1. The fourth-order valence-electron chi connectivity index (χ4n) is 9.83. The van der Waals surface area contributed by atoms with E-state index in [1.54, 1.807) is 13.2 Å². The standard InChI is InChI=1S/C29H42N2O4.C24H38N4O3S/c1-4-5-19-31(22-32)20-12-21-35-28-24-15-9-10-17-26(24)30-29(34-3)25(28)16-8-6-7-13-23-14-11-18-27(23)33-2;1-4-16(2)21(24(31)27-32-19-12-13-19)26-23(30)20-11-8-14-28(20)17(3)22(25-15-29)18-9-6-5-7-10-18/h6,8-10,15,17,22-23,27H,4-5,7,11-14,16,18-21H2,1-3H3;4,15-16,18-22H,1,3,5-14H2,2H3,(H,25,29)(H,26,30)(H,27,31)/b8-6+;/t23?,27-;16-,20?,21?,22+/m10/s1. The Balaban J connectivity index is 0.000000252. The Morgan fingerprint density at radius 2 is 1.76 bits per heavy atom. The molecule has 3 saturated carbocycles. The smallest absolute Gasteiger partial charge is 0.252 e. The highest BCUT2D eigenvalue weighted by molar-refractivity contribution is 7.98. The van der Waals surface area contributed by atoms with Gasteiger partial charge in [0.2, 0.25) is 24.6 Å². The molecule has 370 valence electrons. The first-order valence-electron chi connectivity index (χ1n) is 25.2. The molecule has 14 heteroatoms. The number of aromatic nitrogens is 1. The van der Waals surface area contributed by atoms with Crippen molar-refractivity contribution in [3.05, 3.63) is 66.9 Å². The average Bonchev–Trinajstić information content (AvgIpc) is 3.85. The lowest BCUT2D eigenvalue weighted by atomic mass is 9.82. The van der Waals surface area contributed by atoms with E-state index in [0.717, 1.165) is 131 Å². The molecule has 4 amide bonds. The SMILES string of the molecule is C=C[C@H](C)C(NC(=O)C1CCCN1C(=C)[C@@H](NC=O)C1CCCCC1)C(=O)NSC1CC1.CCCCN(C=O)CCCOc1c(C/C=C/CCC2CCC[C@H]2OC)c(OC)nc2ccccc12. The Hall–Kier alpha value is -4.56. The summed E-state index contributed by atoms with van der Waals surface area (Å²) in [7, 11) is 3.50. The maximum Gasteiger partial charge on any atom is 0.252 e. The molecule has 1 aliphatic heterocycles. The number of hydrogen-bond acceptors (Lipinski definition) is 10. The molecule has 0 bridgehead atoms. The van der Waals surface area contributed by atoms with Crippen molar-refractivity contribution in [2.75, 3.05) is 40.5 Å². The van der Waals surface area contributed by atoms with Crippen molar-refractivity contribution in [2.45, 2.75) is 159 Å². The maximum absolute atomic E-state index is 13.3. The molecule has 67 heavy (non-hydrogen) atoms. The van der Waals surface area contributed by atoms with Crippen LogP contribution in [0.4, 0.5) is 0 Å². The van der Waals surface area contributed by atoms with Crippen LogP contribution in [0.15, 0.2) is 61.3 Å². The molecule has 3 N–H and O–H groups in total. The third-order valence-electron chi connectivity index (χ3n) is 13.9. The Kier molecular flexibility index (Phi) is 22.9. The first-order valence-corrected chi connectivity index (χ1v) is 26.0. The van der Waals surface area contributed by atoms with Crippen molar-refractivity contribution >= 4 is 47.5 Å². The lowest BCUT2D eigenvalue weighted by Crippen LogP contribution is -2.54. The van der Waals surface area contributed by atoms with Crippen LogP contribution in [0.2, 0.25) is 0 Å². The van der Waals surface area contributed by atoms with Crippen LogP contribution < -0.4 is 24.8 Å². The first-order chi connectivity index (χ1) is 32.7. The second-order valence-electron chi connectivity index (χ2n) is 18.7. The van der Waals surface area contributed by atoms with Crippen LogP contribution >= 0.6 is 11.9 Å². The van der Waals surface area contributed by atoms with Gasteiger partial charge >= 0.3 is 0 Å². The van der Waals surface area contributed by atoms with Crippen molar-refractivity contribution in [1.29, 1.82) is 0 Å². The van der Waals surface area contributed by atoms with Crippen LogP contribution in [0.5, 0.6) is 11.6 Å². The lowest BCUT2D eigenvalue weighted by molar-refractivity contribution is -0.131. The zero-order valence-electron chi connectivity index (χ0n) is 40.9. The van der Waals surface area contributed by atoms with E-state index in [1.807, 2.05) is 48.1 Å². The summed E-state index contributed by atoms with van der Waals surface area (Å²) in [4.78, 5) is 57.3. The largest absolute Gasteiger partial charge is 0.492 e. The van der Waals surface area contributed by atoms with Crippen LogP contribution in [-0.2, 0) is 30.3 Å². The molecule has 1 aromatic carbocycles. The minimum atomic E-state index is -0.663. The molecule has 1 aromatic heterocycles. The van der Waals surface area contributed by atoms with E-state index in [4.69, 9.17) is 19.2 Å².